The van der Waals surface area contributed by atoms with Crippen LogP contribution in [0, 0.1) is 27.7 Å². The van der Waals surface area contributed by atoms with Crippen molar-refractivity contribution in [1.29, 1.82) is 0 Å². The number of rotatable bonds is 15. The second-order valence-electron chi connectivity index (χ2n) is 35.1. The molecule has 0 N–H and O–H groups in total. The van der Waals surface area contributed by atoms with E-state index < -0.39 is 10.8 Å². The Hall–Kier alpha value is -14.4. The minimum Gasteiger partial charge on any atom is -0.309 e. The molecule has 122 heavy (non-hydrogen) atoms. The summed E-state index contributed by atoms with van der Waals surface area (Å²) in [6, 6.07) is 156. The fraction of sp³-hybridized carbons (Fsp3) is 0.100. The maximum atomic E-state index is 2.54. The molecule has 0 aliphatic heterocycles. The highest BCUT2D eigenvalue weighted by molar-refractivity contribution is 5.98. The summed E-state index contributed by atoms with van der Waals surface area (Å²) < 4.78 is 0. The number of nitrogens with zero attached hydrogens (tertiary/aromatic N) is 2. The average Bonchev–Trinajstić information content (AvgIpc) is 1.54. The van der Waals surface area contributed by atoms with E-state index in [1.807, 2.05) is 0 Å². The van der Waals surface area contributed by atoms with Crippen LogP contribution in [0.4, 0.5) is 34.1 Å². The predicted octanol–water partition coefficient (Wildman–Crippen LogP) is 31.5. The first-order chi connectivity index (χ1) is 59.7. The molecule has 0 spiro atoms. The highest BCUT2D eigenvalue weighted by Crippen LogP contribution is 2.61. The molecule has 0 heterocycles. The van der Waals surface area contributed by atoms with Crippen LogP contribution in [0.25, 0.3) is 100 Å². The van der Waals surface area contributed by atoms with E-state index in [9.17, 15) is 0 Å². The molecular formula is C120H92N2. The molecule has 0 fully saturated rings. The Labute approximate surface area is 717 Å². The fourth-order valence-corrected chi connectivity index (χ4v) is 21.9. The molecule has 0 atom stereocenters. The molecule has 18 aromatic rings. The van der Waals surface area contributed by atoms with Gasteiger partial charge in [-0.05, 0) is 279 Å². The molecule has 0 radical (unpaired) electrons. The Balaban J connectivity index is 0.665. The van der Waals surface area contributed by atoms with Gasteiger partial charge in [0.15, 0.2) is 0 Å². The van der Waals surface area contributed by atoms with Crippen molar-refractivity contribution in [3.05, 3.63) is 502 Å². The van der Waals surface area contributed by atoms with E-state index in [4.69, 9.17) is 0 Å². The quantitative estimate of drug-likeness (QED) is 0.101. The molecule has 0 saturated carbocycles. The summed E-state index contributed by atoms with van der Waals surface area (Å²) in [7, 11) is 0. The van der Waals surface area contributed by atoms with Crippen LogP contribution in [0.1, 0.15) is 117 Å². The SMILES string of the molecule is Cc1cc(-c2ccc(N(c3ccc(-c4ccc5c(c4)C(c4ccccc4)(c4ccccc4)c4ccccc4-5)cc3)c3c(C)cccc3-c3ccc4c(c3)C(C)(C)c3ccccc3-4)c(C)c2)ccc1N(c1ccc(-c2ccc3c(c2)C(c2ccccc2)(c2ccccc2)c2ccccc2-3)cc1)c1c(C)cccc1-c1ccc2c(c1)C(C)(C)c1ccccc1-2. The molecule has 0 unspecified atom stereocenters. The van der Waals surface area contributed by atoms with Crippen LogP contribution in [-0.4, -0.2) is 0 Å². The van der Waals surface area contributed by atoms with E-state index in [1.54, 1.807) is 0 Å². The first kappa shape index (κ1) is 73.9. The summed E-state index contributed by atoms with van der Waals surface area (Å²) >= 11 is 0. The molecular weight excluding hydrogens is 1470 g/mol. The van der Waals surface area contributed by atoms with Crippen LogP contribution >= 0.6 is 0 Å². The first-order valence-electron chi connectivity index (χ1n) is 43.1. The molecule has 0 aromatic heterocycles. The van der Waals surface area contributed by atoms with E-state index in [0.717, 1.165) is 67.5 Å². The van der Waals surface area contributed by atoms with Crippen molar-refractivity contribution >= 4 is 34.1 Å². The Kier molecular flexibility index (Phi) is 17.4. The topological polar surface area (TPSA) is 6.48 Å². The number of fused-ring (bicyclic) bond motifs is 12. The van der Waals surface area contributed by atoms with Crippen LogP contribution in [0.3, 0.4) is 0 Å². The van der Waals surface area contributed by atoms with Gasteiger partial charge >= 0.3 is 0 Å². The average molecular weight is 1560 g/mol. The fourth-order valence-electron chi connectivity index (χ4n) is 21.9. The number of para-hydroxylation sites is 2. The van der Waals surface area contributed by atoms with Gasteiger partial charge in [0, 0.05) is 44.7 Å². The van der Waals surface area contributed by atoms with Gasteiger partial charge in [-0.2, -0.15) is 0 Å². The monoisotopic (exact) mass is 1560 g/mol. The minimum atomic E-state index is -0.514. The van der Waals surface area contributed by atoms with Gasteiger partial charge in [0.1, 0.15) is 0 Å². The summed E-state index contributed by atoms with van der Waals surface area (Å²) in [5.41, 5.74) is 47.8. The van der Waals surface area contributed by atoms with Crippen LogP contribution < -0.4 is 9.80 Å². The van der Waals surface area contributed by atoms with Gasteiger partial charge < -0.3 is 9.80 Å². The van der Waals surface area contributed by atoms with Crippen molar-refractivity contribution < 1.29 is 0 Å². The molecule has 0 bridgehead atoms. The third kappa shape index (κ3) is 11.3. The Morgan fingerprint density at radius 1 is 0.172 bits per heavy atom. The first-order valence-corrected chi connectivity index (χ1v) is 43.1. The Bertz CT molecular complexity index is 6700. The van der Waals surface area contributed by atoms with Crippen molar-refractivity contribution in [2.24, 2.45) is 0 Å². The highest BCUT2D eigenvalue weighted by Gasteiger charge is 2.48. The van der Waals surface area contributed by atoms with E-state index in [2.05, 4.69) is 478 Å². The molecule has 2 heteroatoms. The van der Waals surface area contributed by atoms with Crippen LogP contribution in [0.2, 0.25) is 0 Å². The molecule has 18 aromatic carbocycles. The van der Waals surface area contributed by atoms with E-state index in [0.29, 0.717) is 0 Å². The van der Waals surface area contributed by atoms with Crippen LogP contribution in [0.5, 0.6) is 0 Å². The zero-order chi connectivity index (χ0) is 82.3. The van der Waals surface area contributed by atoms with Gasteiger partial charge in [-0.15, -0.1) is 0 Å². The number of hydrogen-bond acceptors (Lipinski definition) is 2. The van der Waals surface area contributed by atoms with E-state index >= 15 is 0 Å². The molecule has 4 aliphatic carbocycles. The zero-order valence-corrected chi connectivity index (χ0v) is 70.2. The normalized spacial score (nSPS) is 14.0. The number of aryl methyl sites for hydroxylation is 4. The highest BCUT2D eigenvalue weighted by atomic mass is 15.2. The van der Waals surface area contributed by atoms with Gasteiger partial charge in [-0.1, -0.05) is 367 Å². The van der Waals surface area contributed by atoms with Crippen LogP contribution in [-0.2, 0) is 21.7 Å². The smallest absolute Gasteiger partial charge is 0.0713 e. The number of benzene rings is 18. The van der Waals surface area contributed by atoms with Crippen molar-refractivity contribution in [1.82, 2.24) is 0 Å². The molecule has 0 amide bonds. The Morgan fingerprint density at radius 2 is 0.426 bits per heavy atom. The lowest BCUT2D eigenvalue weighted by molar-refractivity contribution is 0.660. The Morgan fingerprint density at radius 3 is 0.770 bits per heavy atom. The third-order valence-electron chi connectivity index (χ3n) is 27.8. The second kappa shape index (κ2) is 28.7. The van der Waals surface area contributed by atoms with E-state index in [-0.39, 0.29) is 10.8 Å². The minimum absolute atomic E-state index is 0.172. The van der Waals surface area contributed by atoms with E-state index in [1.165, 1.54) is 156 Å². The number of anilines is 6. The molecule has 22 rings (SSSR count). The van der Waals surface area contributed by atoms with Crippen LogP contribution in [0.15, 0.2) is 413 Å². The lowest BCUT2D eigenvalue weighted by Gasteiger charge is -2.34. The molecule has 4 aliphatic rings. The van der Waals surface area contributed by atoms with Crippen molar-refractivity contribution in [3.8, 4) is 100 Å². The summed E-state index contributed by atoms with van der Waals surface area (Å²) in [5.74, 6) is 0. The standard InChI is InChI=1S/C120H92N2/c1-77-31-29-45-95(87-57-67-101-97-41-21-25-47-105(97)117(5,6)109(101)75-87)115(77)121(93-61-51-81(52-62-93)85-55-65-103-99-43-23-27-49-107(99)119(111(103)73-85,89-33-13-9-14-34-89)90-35-15-10-16-36-90)113-69-59-83(71-79(113)3)84-60-70-114(80(4)72-84)122(116-78(2)32-30-46-96(116)88-58-68-102-98-42-22-26-48-106(98)118(7,8)110(102)76-88)94-63-53-82(54-64-94)86-56-66-104-100-44-24-28-50-108(100)120(112(104)74-86,91-37-17-11-18-38-91)92-39-19-12-20-40-92/h9-76H,1-8H3. The second-order valence-corrected chi connectivity index (χ2v) is 35.1. The summed E-state index contributed by atoms with van der Waals surface area (Å²) in [6.45, 7) is 18.7. The zero-order valence-electron chi connectivity index (χ0n) is 70.2. The van der Waals surface area contributed by atoms with Gasteiger partial charge in [0.25, 0.3) is 0 Å². The van der Waals surface area contributed by atoms with Gasteiger partial charge in [0.2, 0.25) is 0 Å². The lowest BCUT2D eigenvalue weighted by Crippen LogP contribution is -2.28. The predicted molar refractivity (Wildman–Crippen MR) is 512 cm³/mol. The summed E-state index contributed by atoms with van der Waals surface area (Å²) in [5, 5.41) is 0. The molecule has 582 valence electrons. The van der Waals surface area contributed by atoms with Gasteiger partial charge in [0.05, 0.1) is 22.2 Å². The third-order valence-corrected chi connectivity index (χ3v) is 27.8. The molecule has 0 saturated heterocycles. The van der Waals surface area contributed by atoms with Gasteiger partial charge in [-0.25, -0.2) is 0 Å². The summed E-state index contributed by atoms with van der Waals surface area (Å²) in [4.78, 5) is 5.08. The lowest BCUT2D eigenvalue weighted by atomic mass is 9.67. The van der Waals surface area contributed by atoms with Crippen molar-refractivity contribution in [2.75, 3.05) is 9.80 Å². The maximum absolute atomic E-state index is 2.54. The number of hydrogen-bond donors (Lipinski definition) is 0. The summed E-state index contributed by atoms with van der Waals surface area (Å²) in [6.07, 6.45) is 0. The van der Waals surface area contributed by atoms with Gasteiger partial charge in [-0.3, -0.25) is 0 Å². The molecule has 2 nitrogen and oxygen atoms in total. The maximum Gasteiger partial charge on any atom is 0.0713 e. The van der Waals surface area contributed by atoms with Crippen molar-refractivity contribution in [2.45, 2.75) is 77.0 Å². The van der Waals surface area contributed by atoms with Crippen molar-refractivity contribution in [3.63, 3.8) is 0 Å². The largest absolute Gasteiger partial charge is 0.309 e.